The number of Topliss-reactive ketones (excluding diaryl/α,β-unsaturated/α-hetero) is 1. The van der Waals surface area contributed by atoms with E-state index in [2.05, 4.69) is 16.8 Å². The summed E-state index contributed by atoms with van der Waals surface area (Å²) in [6.07, 6.45) is 2.59. The van der Waals surface area contributed by atoms with Crippen LogP contribution in [-0.2, 0) is 4.74 Å². The number of nitrogens with zero attached hydrogens (tertiary/aromatic N) is 2. The highest BCUT2D eigenvalue weighted by molar-refractivity contribution is 7.17. The molecule has 0 radical (unpaired) electrons. The Labute approximate surface area is 112 Å². The Morgan fingerprint density at radius 1 is 1.61 bits per heavy atom. The molecule has 5 heteroatoms. The second-order valence-electron chi connectivity index (χ2n) is 4.64. The zero-order valence-electron chi connectivity index (χ0n) is 11.2. The Balaban J connectivity index is 2.11. The molecule has 0 N–H and O–H groups in total. The average molecular weight is 268 g/mol. The average Bonchev–Trinajstić information content (AvgIpc) is 2.94. The van der Waals surface area contributed by atoms with E-state index in [4.69, 9.17) is 4.74 Å². The van der Waals surface area contributed by atoms with Crippen molar-refractivity contribution in [3.8, 4) is 0 Å². The van der Waals surface area contributed by atoms with Gasteiger partial charge < -0.3 is 9.64 Å². The van der Waals surface area contributed by atoms with E-state index in [1.165, 1.54) is 11.3 Å². The third-order valence-corrected chi connectivity index (χ3v) is 4.52. The van der Waals surface area contributed by atoms with Gasteiger partial charge in [-0.1, -0.05) is 11.3 Å². The lowest BCUT2D eigenvalue weighted by Crippen LogP contribution is -2.31. The quantitative estimate of drug-likeness (QED) is 0.770. The number of rotatable bonds is 5. The Morgan fingerprint density at radius 3 is 2.89 bits per heavy atom. The molecule has 1 saturated heterocycles. The minimum Gasteiger partial charge on any atom is -0.376 e. The first-order valence-electron chi connectivity index (χ1n) is 6.46. The Kier molecular flexibility index (Phi) is 4.35. The van der Waals surface area contributed by atoms with E-state index in [1.54, 1.807) is 6.92 Å². The smallest absolute Gasteiger partial charge is 0.186 e. The number of aromatic nitrogens is 1. The van der Waals surface area contributed by atoms with Crippen LogP contribution in [0.3, 0.4) is 0 Å². The van der Waals surface area contributed by atoms with Crippen LogP contribution in [0.15, 0.2) is 0 Å². The van der Waals surface area contributed by atoms with E-state index in [1.807, 2.05) is 6.92 Å². The van der Waals surface area contributed by atoms with Crippen molar-refractivity contribution in [3.63, 3.8) is 0 Å². The molecule has 1 aliphatic rings. The predicted octanol–water partition coefficient (Wildman–Crippen LogP) is 2.66. The van der Waals surface area contributed by atoms with Crippen LogP contribution in [-0.4, -0.2) is 36.6 Å². The van der Waals surface area contributed by atoms with Crippen LogP contribution in [0.25, 0.3) is 0 Å². The summed E-state index contributed by atoms with van der Waals surface area (Å²) < 4.78 is 5.66. The highest BCUT2D eigenvalue weighted by atomic mass is 32.1. The normalized spacial score (nSPS) is 19.2. The molecule has 0 bridgehead atoms. The van der Waals surface area contributed by atoms with Gasteiger partial charge in [-0.3, -0.25) is 4.79 Å². The third kappa shape index (κ3) is 2.90. The summed E-state index contributed by atoms with van der Waals surface area (Å²) in [5.74, 6) is 0.101. The molecule has 0 saturated carbocycles. The van der Waals surface area contributed by atoms with E-state index in [9.17, 15) is 4.79 Å². The lowest BCUT2D eigenvalue weighted by Gasteiger charge is -2.23. The molecule has 0 amide bonds. The van der Waals surface area contributed by atoms with Gasteiger partial charge in [0.2, 0.25) is 0 Å². The number of carbonyl (C=O) groups is 1. The highest BCUT2D eigenvalue weighted by Gasteiger charge is 2.21. The van der Waals surface area contributed by atoms with Gasteiger partial charge in [-0.2, -0.15) is 0 Å². The Bertz CT molecular complexity index is 425. The fourth-order valence-electron chi connectivity index (χ4n) is 2.22. The van der Waals surface area contributed by atoms with Crippen molar-refractivity contribution in [1.82, 2.24) is 4.98 Å². The van der Waals surface area contributed by atoms with Gasteiger partial charge in [0.05, 0.1) is 16.7 Å². The topological polar surface area (TPSA) is 42.4 Å². The van der Waals surface area contributed by atoms with Crippen molar-refractivity contribution >= 4 is 22.3 Å². The van der Waals surface area contributed by atoms with E-state index in [0.717, 1.165) is 48.2 Å². The summed E-state index contributed by atoms with van der Waals surface area (Å²) in [5.41, 5.74) is 0.841. The minimum absolute atomic E-state index is 0.101. The number of carbonyl (C=O) groups excluding carboxylic acids is 1. The van der Waals surface area contributed by atoms with Crippen molar-refractivity contribution in [3.05, 3.63) is 10.6 Å². The molecule has 1 atom stereocenters. The second-order valence-corrected chi connectivity index (χ2v) is 5.62. The van der Waals surface area contributed by atoms with E-state index in [0.29, 0.717) is 6.10 Å². The first kappa shape index (κ1) is 13.5. The molecule has 1 aromatic heterocycles. The molecule has 4 nitrogen and oxygen atoms in total. The van der Waals surface area contributed by atoms with Crippen LogP contribution in [0.2, 0.25) is 0 Å². The summed E-state index contributed by atoms with van der Waals surface area (Å²) in [7, 11) is 0. The number of ketones is 1. The number of ether oxygens (including phenoxy) is 1. The zero-order valence-corrected chi connectivity index (χ0v) is 12.0. The van der Waals surface area contributed by atoms with Gasteiger partial charge in [0.15, 0.2) is 10.9 Å². The van der Waals surface area contributed by atoms with Crippen LogP contribution in [0, 0.1) is 6.92 Å². The van der Waals surface area contributed by atoms with Crippen molar-refractivity contribution in [2.24, 2.45) is 0 Å². The fraction of sp³-hybridized carbons (Fsp3) is 0.692. The van der Waals surface area contributed by atoms with Crippen molar-refractivity contribution in [1.29, 1.82) is 0 Å². The molecule has 1 unspecified atom stereocenters. The monoisotopic (exact) mass is 268 g/mol. The molecule has 100 valence electrons. The van der Waals surface area contributed by atoms with E-state index < -0.39 is 0 Å². The minimum atomic E-state index is 0.101. The molecule has 18 heavy (non-hydrogen) atoms. The number of anilines is 1. The van der Waals surface area contributed by atoms with Gasteiger partial charge in [-0.15, -0.1) is 0 Å². The predicted molar refractivity (Wildman–Crippen MR) is 73.7 cm³/mol. The highest BCUT2D eigenvalue weighted by Crippen LogP contribution is 2.27. The van der Waals surface area contributed by atoms with Gasteiger partial charge in [-0.25, -0.2) is 4.98 Å². The van der Waals surface area contributed by atoms with Crippen LogP contribution in [0.1, 0.15) is 42.1 Å². The number of thiazole rings is 1. The van der Waals surface area contributed by atoms with Gasteiger partial charge in [0.1, 0.15) is 0 Å². The standard InChI is InChI=1S/C13H20N2O2S/c1-4-15(8-11-6-5-7-17-11)13-14-9(2)12(18-13)10(3)16/h11H,4-8H2,1-3H3. The van der Waals surface area contributed by atoms with Crippen LogP contribution in [0.5, 0.6) is 0 Å². The Morgan fingerprint density at radius 2 is 2.39 bits per heavy atom. The fourth-order valence-corrected chi connectivity index (χ4v) is 3.26. The van der Waals surface area contributed by atoms with E-state index >= 15 is 0 Å². The molecule has 2 rings (SSSR count). The molecular weight excluding hydrogens is 248 g/mol. The first-order chi connectivity index (χ1) is 8.61. The van der Waals surface area contributed by atoms with Gasteiger partial charge in [0, 0.05) is 26.6 Å². The van der Waals surface area contributed by atoms with Gasteiger partial charge in [0.25, 0.3) is 0 Å². The zero-order chi connectivity index (χ0) is 13.1. The first-order valence-corrected chi connectivity index (χ1v) is 7.28. The maximum absolute atomic E-state index is 11.5. The molecule has 0 aliphatic carbocycles. The molecule has 0 aromatic carbocycles. The number of likely N-dealkylation sites (N-methyl/N-ethyl adjacent to an activating group) is 1. The van der Waals surface area contributed by atoms with Crippen molar-refractivity contribution < 1.29 is 9.53 Å². The maximum atomic E-state index is 11.5. The lowest BCUT2D eigenvalue weighted by molar-refractivity contribution is 0.102. The molecule has 1 fully saturated rings. The number of hydrogen-bond donors (Lipinski definition) is 0. The largest absolute Gasteiger partial charge is 0.376 e. The van der Waals surface area contributed by atoms with Crippen LogP contribution in [0.4, 0.5) is 5.13 Å². The summed E-state index contributed by atoms with van der Waals surface area (Å²) in [4.78, 5) is 19.0. The maximum Gasteiger partial charge on any atom is 0.186 e. The van der Waals surface area contributed by atoms with Crippen molar-refractivity contribution in [2.45, 2.75) is 39.7 Å². The second kappa shape index (κ2) is 5.80. The number of aryl methyl sites for hydroxylation is 1. The lowest BCUT2D eigenvalue weighted by atomic mass is 10.2. The van der Waals surface area contributed by atoms with Crippen LogP contribution < -0.4 is 4.90 Å². The molecular formula is C13H20N2O2S. The third-order valence-electron chi connectivity index (χ3n) is 3.21. The molecule has 1 aliphatic heterocycles. The summed E-state index contributed by atoms with van der Waals surface area (Å²) in [6.45, 7) is 8.25. The molecule has 2 heterocycles. The summed E-state index contributed by atoms with van der Waals surface area (Å²) in [6, 6.07) is 0. The SMILES string of the molecule is CCN(CC1CCCO1)c1nc(C)c(C(C)=O)s1. The summed E-state index contributed by atoms with van der Waals surface area (Å²) in [5, 5.41) is 0.940. The Hall–Kier alpha value is -0.940. The number of hydrogen-bond acceptors (Lipinski definition) is 5. The molecule has 1 aromatic rings. The van der Waals surface area contributed by atoms with Crippen LogP contribution >= 0.6 is 11.3 Å². The van der Waals surface area contributed by atoms with Gasteiger partial charge >= 0.3 is 0 Å². The van der Waals surface area contributed by atoms with Gasteiger partial charge in [-0.05, 0) is 26.7 Å². The van der Waals surface area contributed by atoms with E-state index in [-0.39, 0.29) is 5.78 Å². The summed E-state index contributed by atoms with van der Waals surface area (Å²) >= 11 is 1.49. The van der Waals surface area contributed by atoms with Crippen molar-refractivity contribution in [2.75, 3.05) is 24.6 Å². The molecule has 0 spiro atoms.